The van der Waals surface area contributed by atoms with Gasteiger partial charge >= 0.3 is 0 Å². The number of likely N-dealkylation sites (tertiary alicyclic amines) is 2. The van der Waals surface area contributed by atoms with E-state index in [-0.39, 0.29) is 34.9 Å². The number of nitrogens with one attached hydrogen (secondary N) is 1. The molecule has 0 aromatic heterocycles. The second kappa shape index (κ2) is 10.3. The summed E-state index contributed by atoms with van der Waals surface area (Å²) in [5, 5.41) is 3.12. The highest BCUT2D eigenvalue weighted by Crippen LogP contribution is 2.49. The van der Waals surface area contributed by atoms with Crippen LogP contribution in [-0.4, -0.2) is 83.3 Å². The lowest BCUT2D eigenvalue weighted by Gasteiger charge is -2.18. The lowest BCUT2D eigenvalue weighted by molar-refractivity contribution is -0.139. The van der Waals surface area contributed by atoms with Crippen molar-refractivity contribution in [1.82, 2.24) is 15.1 Å². The topological polar surface area (TPSA) is 86.8 Å². The lowest BCUT2D eigenvalue weighted by Crippen LogP contribution is -2.41. The van der Waals surface area contributed by atoms with Gasteiger partial charge in [-0.2, -0.15) is 0 Å². The molecule has 0 aromatic rings. The SMILES string of the molecule is BP(I)C1CC(=O)N(CCNCCN2C(=O)CC(PBI)C2=O)C1=O. The molecule has 2 aliphatic rings. The Morgan fingerprint density at radius 1 is 1.12 bits per heavy atom. The number of halogens is 2. The Bertz CT molecular complexity index is 572. The maximum absolute atomic E-state index is 12.2. The van der Waals surface area contributed by atoms with Crippen molar-refractivity contribution in [2.45, 2.75) is 24.2 Å². The Labute approximate surface area is 178 Å². The molecule has 136 valence electrons. The molecule has 2 saturated heterocycles. The van der Waals surface area contributed by atoms with Crippen molar-refractivity contribution in [2.75, 3.05) is 26.2 Å². The molecule has 4 atom stereocenters. The maximum Gasteiger partial charge on any atom is 0.237 e. The van der Waals surface area contributed by atoms with Crippen molar-refractivity contribution in [1.29, 1.82) is 0 Å². The minimum Gasteiger partial charge on any atom is -0.313 e. The van der Waals surface area contributed by atoms with Crippen LogP contribution in [0.4, 0.5) is 0 Å². The molecule has 25 heavy (non-hydrogen) atoms. The molecule has 0 bridgehead atoms. The van der Waals surface area contributed by atoms with Crippen LogP contribution in [0.15, 0.2) is 0 Å². The maximum atomic E-state index is 12.2. The zero-order valence-corrected chi connectivity index (χ0v) is 20.0. The Morgan fingerprint density at radius 2 is 1.68 bits per heavy atom. The van der Waals surface area contributed by atoms with Gasteiger partial charge in [0.2, 0.25) is 28.5 Å². The number of nitrogens with zero attached hydrogens (tertiary/aromatic N) is 2. The monoisotopic (exact) mass is 607 g/mol. The molecule has 0 aromatic carbocycles. The van der Waals surface area contributed by atoms with E-state index in [1.54, 1.807) is 0 Å². The smallest absolute Gasteiger partial charge is 0.237 e. The van der Waals surface area contributed by atoms with E-state index in [1.165, 1.54) is 9.80 Å². The summed E-state index contributed by atoms with van der Waals surface area (Å²) in [4.78, 5) is 51.8. The Kier molecular flexibility index (Phi) is 9.05. The van der Waals surface area contributed by atoms with E-state index >= 15 is 0 Å². The average Bonchev–Trinajstić information content (AvgIpc) is 2.98. The van der Waals surface area contributed by atoms with E-state index in [0.29, 0.717) is 47.5 Å². The van der Waals surface area contributed by atoms with Gasteiger partial charge in [0.15, 0.2) is 0 Å². The second-order valence-corrected chi connectivity index (χ2v) is 15.8. The molecule has 7 nitrogen and oxygen atoms in total. The van der Waals surface area contributed by atoms with Crippen LogP contribution in [0.5, 0.6) is 0 Å². The predicted octanol–water partition coefficient (Wildman–Crippen LogP) is -0.409. The van der Waals surface area contributed by atoms with Crippen LogP contribution in [0, 0.1) is 0 Å². The largest absolute Gasteiger partial charge is 0.313 e. The number of hydrogen-bond donors (Lipinski definition) is 1. The van der Waals surface area contributed by atoms with Crippen LogP contribution in [-0.2, 0) is 19.2 Å². The zero-order chi connectivity index (χ0) is 18.6. The molecule has 0 aliphatic carbocycles. The molecule has 1 N–H and O–H groups in total. The predicted molar refractivity (Wildman–Crippen MR) is 122 cm³/mol. The number of carbonyl (C=O) groups is 4. The Hall–Kier alpha value is 0.690. The van der Waals surface area contributed by atoms with Crippen molar-refractivity contribution in [2.24, 2.45) is 0 Å². The Morgan fingerprint density at radius 3 is 2.20 bits per heavy atom. The van der Waals surface area contributed by atoms with Crippen LogP contribution < -0.4 is 5.32 Å². The number of amides is 4. The molecule has 4 amide bonds. The highest BCUT2D eigenvalue weighted by Gasteiger charge is 2.40. The van der Waals surface area contributed by atoms with E-state index < -0.39 is 5.44 Å². The normalized spacial score (nSPS) is 25.7. The number of hydrogen-bond acceptors (Lipinski definition) is 5. The summed E-state index contributed by atoms with van der Waals surface area (Å²) in [6, 6.07) is 0. The summed E-state index contributed by atoms with van der Waals surface area (Å²) >= 11 is 4.47. The third kappa shape index (κ3) is 5.59. The molecule has 2 rings (SSSR count). The van der Waals surface area contributed by atoms with Gasteiger partial charge in [-0.3, -0.25) is 29.0 Å². The van der Waals surface area contributed by atoms with Crippen LogP contribution in [0.1, 0.15) is 12.8 Å². The molecular weight excluding hydrogens is 588 g/mol. The van der Waals surface area contributed by atoms with Gasteiger partial charge in [-0.15, -0.1) is 30.8 Å². The molecule has 2 heterocycles. The second-order valence-electron chi connectivity index (χ2n) is 5.86. The van der Waals surface area contributed by atoms with Crippen LogP contribution in [0.2, 0.25) is 0 Å². The van der Waals surface area contributed by atoms with E-state index in [2.05, 4.69) is 49.7 Å². The highest BCUT2D eigenvalue weighted by atomic mass is 127. The fraction of sp³-hybridized carbons (Fsp3) is 0.667. The Balaban J connectivity index is 1.70. The lowest BCUT2D eigenvalue weighted by atomic mass is 10.3. The molecule has 2 aliphatic heterocycles. The highest BCUT2D eigenvalue weighted by molar-refractivity contribution is 14.2. The third-order valence-electron chi connectivity index (χ3n) is 4.24. The van der Waals surface area contributed by atoms with Gasteiger partial charge in [0.25, 0.3) is 0 Å². The average molecular weight is 607 g/mol. The van der Waals surface area contributed by atoms with Crippen molar-refractivity contribution >= 4 is 94.4 Å². The quantitative estimate of drug-likeness (QED) is 0.127. The zero-order valence-electron chi connectivity index (χ0n) is 13.8. The van der Waals surface area contributed by atoms with Crippen LogP contribution >= 0.6 is 58.3 Å². The van der Waals surface area contributed by atoms with E-state index in [9.17, 15) is 19.2 Å². The summed E-state index contributed by atoms with van der Waals surface area (Å²) in [5.41, 5.74) is -0.778. The van der Waals surface area contributed by atoms with E-state index in [0.717, 1.165) is 4.86 Å². The molecule has 0 spiro atoms. The summed E-state index contributed by atoms with van der Waals surface area (Å²) < 4.78 is 0. The third-order valence-corrected chi connectivity index (χ3v) is 9.94. The molecule has 13 heteroatoms. The van der Waals surface area contributed by atoms with Crippen LogP contribution in [0.25, 0.3) is 0 Å². The van der Waals surface area contributed by atoms with Crippen molar-refractivity contribution in [3.63, 3.8) is 0 Å². The van der Waals surface area contributed by atoms with E-state index in [4.69, 9.17) is 0 Å². The van der Waals surface area contributed by atoms with Crippen molar-refractivity contribution in [3.05, 3.63) is 0 Å². The van der Waals surface area contributed by atoms with Crippen molar-refractivity contribution < 1.29 is 19.2 Å². The molecule has 0 radical (unpaired) electrons. The summed E-state index contributed by atoms with van der Waals surface area (Å²) in [5.74, 6) is -0.328. The summed E-state index contributed by atoms with van der Waals surface area (Å²) in [6.07, 6.45) is 0.647. The first-order valence-corrected chi connectivity index (χ1v) is 15.4. The van der Waals surface area contributed by atoms with Crippen LogP contribution in [0.3, 0.4) is 0 Å². The molecule has 0 saturated carbocycles. The first-order chi connectivity index (χ1) is 11.9. The summed E-state index contributed by atoms with van der Waals surface area (Å²) in [6.45, 7) is 1.64. The molecule has 4 unspecified atom stereocenters. The minimum absolute atomic E-state index is 0.0621. The van der Waals surface area contributed by atoms with Gasteiger partial charge in [-0.05, 0) is 0 Å². The fourth-order valence-corrected chi connectivity index (χ4v) is 7.44. The molecule has 2 fully saturated rings. The van der Waals surface area contributed by atoms with Crippen molar-refractivity contribution in [3.8, 4) is 0 Å². The van der Waals surface area contributed by atoms with Gasteiger partial charge in [0, 0.05) is 39.0 Å². The minimum atomic E-state index is -0.484. The van der Waals surface area contributed by atoms with Gasteiger partial charge in [-0.1, -0.05) is 27.5 Å². The first-order valence-electron chi connectivity index (χ1n) is 7.94. The van der Waals surface area contributed by atoms with Gasteiger partial charge in [0.05, 0.1) is 11.3 Å². The first kappa shape index (κ1) is 22.0. The molecular formula is C12H19B2I2N3O4P2. The van der Waals surface area contributed by atoms with Gasteiger partial charge in [-0.25, -0.2) is 0 Å². The number of imide groups is 2. The number of carbonyl (C=O) groups excluding carboxylic acids is 4. The van der Waals surface area contributed by atoms with Gasteiger partial charge < -0.3 is 5.32 Å². The summed E-state index contributed by atoms with van der Waals surface area (Å²) in [7, 11) is 2.50. The fourth-order valence-electron chi connectivity index (χ4n) is 2.86. The van der Waals surface area contributed by atoms with Gasteiger partial charge in [0.1, 0.15) is 7.57 Å². The van der Waals surface area contributed by atoms with E-state index in [1.807, 2.05) is 7.57 Å². The standard InChI is InChI=1S/C12H19B2I2N3O4P2/c13-25(16)8-6-10(21)19(12(8)23)4-2-17-1-3-18-9(20)5-7(11(18)22)24-14-15/h7-8,14,17,24H,1-6,13H2. The number of rotatable bonds is 9.